The SMILES string of the molecule is Cc1ccc(S(=O)(=O)n2cc(C=C3C(=O)NC(=S)N(c4ccc(Cl)cc4)C3=O)c3ccccc32)cc1. The Morgan fingerprint density at radius 3 is 2.31 bits per heavy atom. The maximum absolute atomic E-state index is 13.5. The largest absolute Gasteiger partial charge is 0.298 e. The number of hydrogen-bond acceptors (Lipinski definition) is 5. The zero-order chi connectivity index (χ0) is 25.6. The standard InChI is InChI=1S/C26H18ClN3O4S2/c1-16-6-12-20(13-7-16)36(33,34)29-15-17(21-4-2-3-5-23(21)29)14-22-24(31)28-26(35)30(25(22)32)19-10-8-18(27)9-11-19/h2-15H,1H3,(H,28,31,35). The molecule has 0 saturated carbocycles. The Hall–Kier alpha value is -3.79. The second kappa shape index (κ2) is 9.02. The van der Waals surface area contributed by atoms with Gasteiger partial charge in [-0.05, 0) is 67.7 Å². The van der Waals surface area contributed by atoms with Crippen LogP contribution in [0.25, 0.3) is 17.0 Å². The zero-order valence-corrected chi connectivity index (χ0v) is 21.2. The van der Waals surface area contributed by atoms with Crippen molar-refractivity contribution in [1.29, 1.82) is 0 Å². The lowest BCUT2D eigenvalue weighted by Crippen LogP contribution is -2.54. The molecule has 7 nitrogen and oxygen atoms in total. The van der Waals surface area contributed by atoms with Crippen LogP contribution in [-0.4, -0.2) is 29.3 Å². The predicted molar refractivity (Wildman–Crippen MR) is 143 cm³/mol. The van der Waals surface area contributed by atoms with Crippen LogP contribution in [0.2, 0.25) is 5.02 Å². The molecule has 0 radical (unpaired) electrons. The summed E-state index contributed by atoms with van der Waals surface area (Å²) in [6.07, 6.45) is 2.79. The Bertz CT molecular complexity index is 1690. The monoisotopic (exact) mass is 535 g/mol. The Balaban J connectivity index is 1.63. The summed E-state index contributed by atoms with van der Waals surface area (Å²) >= 11 is 11.2. The van der Waals surface area contributed by atoms with Crippen LogP contribution >= 0.6 is 23.8 Å². The number of benzene rings is 3. The van der Waals surface area contributed by atoms with Crippen LogP contribution in [0.4, 0.5) is 5.69 Å². The average molecular weight is 536 g/mol. The molecule has 4 aromatic rings. The summed E-state index contributed by atoms with van der Waals surface area (Å²) in [6, 6.07) is 19.8. The minimum atomic E-state index is -3.94. The number of nitrogens with one attached hydrogen (secondary N) is 1. The van der Waals surface area contributed by atoms with Crippen LogP contribution in [0.15, 0.2) is 89.5 Å². The van der Waals surface area contributed by atoms with Crippen LogP contribution in [-0.2, 0) is 19.6 Å². The molecule has 0 spiro atoms. The molecule has 180 valence electrons. The highest BCUT2D eigenvalue weighted by molar-refractivity contribution is 7.90. The highest BCUT2D eigenvalue weighted by atomic mass is 35.5. The van der Waals surface area contributed by atoms with Crippen molar-refractivity contribution in [2.45, 2.75) is 11.8 Å². The van der Waals surface area contributed by atoms with E-state index in [2.05, 4.69) is 5.32 Å². The van der Waals surface area contributed by atoms with Crippen LogP contribution in [0.5, 0.6) is 0 Å². The van der Waals surface area contributed by atoms with E-state index in [1.54, 1.807) is 72.8 Å². The molecule has 5 rings (SSSR count). The quantitative estimate of drug-likeness (QED) is 0.233. The molecule has 1 N–H and O–H groups in total. The van der Waals surface area contributed by atoms with Gasteiger partial charge in [0.2, 0.25) is 0 Å². The molecule has 0 unspecified atom stereocenters. The molecule has 2 amide bonds. The summed E-state index contributed by atoms with van der Waals surface area (Å²) < 4.78 is 28.1. The van der Waals surface area contributed by atoms with Gasteiger partial charge < -0.3 is 0 Å². The predicted octanol–water partition coefficient (Wildman–Crippen LogP) is 4.67. The molecular formula is C26H18ClN3O4S2. The molecule has 0 atom stereocenters. The molecule has 0 bridgehead atoms. The minimum Gasteiger partial charge on any atom is -0.298 e. The molecule has 2 heterocycles. The van der Waals surface area contributed by atoms with Crippen molar-refractivity contribution < 1.29 is 18.0 Å². The molecule has 1 aromatic heterocycles. The second-order valence-corrected chi connectivity index (χ2v) is 10.8. The first-order valence-electron chi connectivity index (χ1n) is 10.8. The minimum absolute atomic E-state index is 0.0613. The topological polar surface area (TPSA) is 88.5 Å². The highest BCUT2D eigenvalue weighted by Crippen LogP contribution is 2.29. The summed E-state index contributed by atoms with van der Waals surface area (Å²) in [5, 5.41) is 3.51. The van der Waals surface area contributed by atoms with Crippen molar-refractivity contribution >= 4 is 73.4 Å². The highest BCUT2D eigenvalue weighted by Gasteiger charge is 2.35. The molecule has 1 aliphatic rings. The number of hydrogen-bond donors (Lipinski definition) is 1. The number of carbonyl (C=O) groups excluding carboxylic acids is 2. The molecule has 0 aliphatic carbocycles. The Morgan fingerprint density at radius 2 is 1.61 bits per heavy atom. The fourth-order valence-electron chi connectivity index (χ4n) is 3.95. The van der Waals surface area contributed by atoms with Crippen LogP contribution in [0.1, 0.15) is 11.1 Å². The van der Waals surface area contributed by atoms with Crippen LogP contribution < -0.4 is 10.2 Å². The smallest absolute Gasteiger partial charge is 0.270 e. The van der Waals surface area contributed by atoms with Crippen molar-refractivity contribution in [3.8, 4) is 0 Å². The summed E-state index contributed by atoms with van der Waals surface area (Å²) in [5.41, 5.74) is 1.99. The zero-order valence-electron chi connectivity index (χ0n) is 18.8. The maximum Gasteiger partial charge on any atom is 0.270 e. The number of carbonyl (C=O) groups is 2. The lowest BCUT2D eigenvalue weighted by Gasteiger charge is -2.28. The number of aryl methyl sites for hydroxylation is 1. The van der Waals surface area contributed by atoms with Gasteiger partial charge in [-0.1, -0.05) is 47.5 Å². The fraction of sp³-hybridized carbons (Fsp3) is 0.0385. The molecule has 1 aliphatic heterocycles. The van der Waals surface area contributed by atoms with Gasteiger partial charge in [-0.3, -0.25) is 19.8 Å². The Labute approximate surface area is 217 Å². The fourth-order valence-corrected chi connectivity index (χ4v) is 5.74. The number of aromatic nitrogens is 1. The van der Waals surface area contributed by atoms with E-state index in [9.17, 15) is 18.0 Å². The van der Waals surface area contributed by atoms with Gasteiger partial charge in [-0.15, -0.1) is 0 Å². The van der Waals surface area contributed by atoms with E-state index in [4.69, 9.17) is 23.8 Å². The molecule has 1 saturated heterocycles. The van der Waals surface area contributed by atoms with Crippen molar-refractivity contribution in [3.05, 3.63) is 101 Å². The molecular weight excluding hydrogens is 518 g/mol. The van der Waals surface area contributed by atoms with Crippen molar-refractivity contribution in [2.75, 3.05) is 4.90 Å². The third-order valence-corrected chi connectivity index (χ3v) is 8.00. The van der Waals surface area contributed by atoms with Gasteiger partial charge in [0.05, 0.1) is 16.1 Å². The number of halogens is 1. The van der Waals surface area contributed by atoms with Gasteiger partial charge in [0.15, 0.2) is 5.11 Å². The second-order valence-electron chi connectivity index (χ2n) is 8.15. The van der Waals surface area contributed by atoms with E-state index in [1.165, 1.54) is 17.2 Å². The molecule has 36 heavy (non-hydrogen) atoms. The number of para-hydroxylation sites is 1. The number of fused-ring (bicyclic) bond motifs is 1. The van der Waals surface area contributed by atoms with E-state index in [-0.39, 0.29) is 15.6 Å². The first-order chi connectivity index (χ1) is 17.2. The third kappa shape index (κ3) is 4.11. The van der Waals surface area contributed by atoms with Crippen molar-refractivity contribution in [3.63, 3.8) is 0 Å². The first kappa shape index (κ1) is 23.9. The normalized spacial score (nSPS) is 15.6. The van der Waals surface area contributed by atoms with Gasteiger partial charge in [-0.2, -0.15) is 0 Å². The van der Waals surface area contributed by atoms with E-state index < -0.39 is 21.8 Å². The number of rotatable bonds is 4. The van der Waals surface area contributed by atoms with E-state index in [0.717, 1.165) is 9.54 Å². The lowest BCUT2D eigenvalue weighted by molar-refractivity contribution is -0.122. The summed E-state index contributed by atoms with van der Waals surface area (Å²) in [4.78, 5) is 27.5. The van der Waals surface area contributed by atoms with Gasteiger partial charge in [-0.25, -0.2) is 12.4 Å². The Kier molecular flexibility index (Phi) is 5.99. The van der Waals surface area contributed by atoms with Gasteiger partial charge in [0, 0.05) is 22.2 Å². The third-order valence-electron chi connectivity index (χ3n) is 5.77. The number of thiocarbonyl (C=S) groups is 1. The van der Waals surface area contributed by atoms with Crippen molar-refractivity contribution in [2.24, 2.45) is 0 Å². The lowest BCUT2D eigenvalue weighted by atomic mass is 10.1. The molecule has 3 aromatic carbocycles. The number of nitrogens with zero attached hydrogens (tertiary/aromatic N) is 2. The van der Waals surface area contributed by atoms with Crippen LogP contribution in [0.3, 0.4) is 0 Å². The molecule has 1 fully saturated rings. The summed E-state index contributed by atoms with van der Waals surface area (Å²) in [6.45, 7) is 1.87. The average Bonchev–Trinajstić information content (AvgIpc) is 3.22. The van der Waals surface area contributed by atoms with Gasteiger partial charge in [0.1, 0.15) is 5.57 Å². The van der Waals surface area contributed by atoms with E-state index in [1.807, 2.05) is 6.92 Å². The summed E-state index contributed by atoms with van der Waals surface area (Å²) in [5.74, 6) is -1.31. The van der Waals surface area contributed by atoms with E-state index >= 15 is 0 Å². The first-order valence-corrected chi connectivity index (χ1v) is 13.0. The van der Waals surface area contributed by atoms with E-state index in [0.29, 0.717) is 27.2 Å². The summed E-state index contributed by atoms with van der Waals surface area (Å²) in [7, 11) is -3.94. The van der Waals surface area contributed by atoms with Gasteiger partial charge in [0.25, 0.3) is 21.8 Å². The van der Waals surface area contributed by atoms with Gasteiger partial charge >= 0.3 is 0 Å². The molecule has 10 heteroatoms. The number of anilines is 1. The maximum atomic E-state index is 13.5. The Morgan fingerprint density at radius 1 is 0.944 bits per heavy atom. The van der Waals surface area contributed by atoms with Crippen LogP contribution in [0, 0.1) is 6.92 Å². The number of amides is 2. The van der Waals surface area contributed by atoms with Crippen molar-refractivity contribution in [1.82, 2.24) is 9.29 Å².